The van der Waals surface area contributed by atoms with Crippen LogP contribution in [0.1, 0.15) is 22.8 Å². The third kappa shape index (κ3) is 2.65. The van der Waals surface area contributed by atoms with Gasteiger partial charge in [-0.25, -0.2) is 0 Å². The molecule has 0 unspecified atom stereocenters. The molecule has 4 nitrogen and oxygen atoms in total. The van der Waals surface area contributed by atoms with Crippen molar-refractivity contribution in [3.8, 4) is 0 Å². The van der Waals surface area contributed by atoms with Crippen molar-refractivity contribution in [1.82, 2.24) is 10.6 Å². The fourth-order valence-corrected chi connectivity index (χ4v) is 1.93. The van der Waals surface area contributed by atoms with Crippen LogP contribution < -0.4 is 10.6 Å². The normalized spacial score (nSPS) is 17.3. The Kier molecular flexibility index (Phi) is 3.45. The van der Waals surface area contributed by atoms with E-state index in [0.29, 0.717) is 25.2 Å². The predicted octanol–water partition coefficient (Wildman–Crippen LogP) is 0.313. The minimum absolute atomic E-state index is 0.109. The van der Waals surface area contributed by atoms with Crippen LogP contribution >= 0.6 is 0 Å². The molecule has 0 radical (unpaired) electrons. The number of hydrogen-bond donors (Lipinski definition) is 3. The lowest BCUT2D eigenvalue weighted by atomic mass is 9.97. The fraction of sp³-hybridized carbons (Fsp3) is 0.462. The van der Waals surface area contributed by atoms with E-state index < -0.39 is 5.60 Å². The number of aryl methyl sites for hydroxylation is 1. The summed E-state index contributed by atoms with van der Waals surface area (Å²) in [7, 11) is 0. The summed E-state index contributed by atoms with van der Waals surface area (Å²) < 4.78 is 0. The van der Waals surface area contributed by atoms with Gasteiger partial charge in [-0.15, -0.1) is 0 Å². The van der Waals surface area contributed by atoms with E-state index in [0.717, 1.165) is 12.0 Å². The SMILES string of the molecule is CCc1ccccc1C(=O)NCC1(O)CNC1. The van der Waals surface area contributed by atoms with Crippen molar-refractivity contribution < 1.29 is 9.90 Å². The zero-order valence-corrected chi connectivity index (χ0v) is 9.99. The number of rotatable bonds is 4. The molecule has 1 aromatic carbocycles. The summed E-state index contributed by atoms with van der Waals surface area (Å²) in [5.41, 5.74) is 0.964. The third-order valence-electron chi connectivity index (χ3n) is 3.13. The molecular formula is C13H18N2O2. The van der Waals surface area contributed by atoms with Crippen molar-refractivity contribution in [2.45, 2.75) is 18.9 Å². The largest absolute Gasteiger partial charge is 0.385 e. The molecule has 92 valence electrons. The first-order valence-electron chi connectivity index (χ1n) is 5.94. The van der Waals surface area contributed by atoms with Crippen molar-refractivity contribution in [1.29, 1.82) is 0 Å². The minimum atomic E-state index is -0.767. The maximum absolute atomic E-state index is 12.0. The highest BCUT2D eigenvalue weighted by molar-refractivity contribution is 5.95. The second kappa shape index (κ2) is 4.85. The molecular weight excluding hydrogens is 216 g/mol. The minimum Gasteiger partial charge on any atom is -0.385 e. The molecule has 2 rings (SSSR count). The van der Waals surface area contributed by atoms with E-state index in [1.54, 1.807) is 0 Å². The molecule has 1 aliphatic rings. The highest BCUT2D eigenvalue weighted by Gasteiger charge is 2.34. The lowest BCUT2D eigenvalue weighted by molar-refractivity contribution is -0.00760. The Morgan fingerprint density at radius 2 is 2.18 bits per heavy atom. The van der Waals surface area contributed by atoms with Gasteiger partial charge in [0.05, 0.1) is 0 Å². The molecule has 3 N–H and O–H groups in total. The van der Waals surface area contributed by atoms with Gasteiger partial charge in [0.15, 0.2) is 0 Å². The van der Waals surface area contributed by atoms with Crippen molar-refractivity contribution in [3.05, 3.63) is 35.4 Å². The van der Waals surface area contributed by atoms with E-state index in [-0.39, 0.29) is 5.91 Å². The average molecular weight is 234 g/mol. The van der Waals surface area contributed by atoms with E-state index in [1.165, 1.54) is 0 Å². The maximum Gasteiger partial charge on any atom is 0.251 e. The zero-order valence-electron chi connectivity index (χ0n) is 9.99. The molecule has 0 aromatic heterocycles. The molecule has 1 aliphatic heterocycles. The average Bonchev–Trinajstić information content (AvgIpc) is 2.33. The maximum atomic E-state index is 12.0. The summed E-state index contributed by atoms with van der Waals surface area (Å²) in [5, 5.41) is 15.6. The molecule has 0 aliphatic carbocycles. The summed E-state index contributed by atoms with van der Waals surface area (Å²) in [6.07, 6.45) is 0.829. The van der Waals surface area contributed by atoms with Crippen LogP contribution in [0.4, 0.5) is 0 Å². The van der Waals surface area contributed by atoms with Gasteiger partial charge in [0.25, 0.3) is 5.91 Å². The Balaban J connectivity index is 1.99. The van der Waals surface area contributed by atoms with Crippen LogP contribution in [0.2, 0.25) is 0 Å². The smallest absolute Gasteiger partial charge is 0.251 e. The predicted molar refractivity (Wildman–Crippen MR) is 66.0 cm³/mol. The monoisotopic (exact) mass is 234 g/mol. The Labute approximate surface area is 101 Å². The van der Waals surface area contributed by atoms with Gasteiger partial charge in [0.1, 0.15) is 5.60 Å². The van der Waals surface area contributed by atoms with Gasteiger partial charge >= 0.3 is 0 Å². The van der Waals surface area contributed by atoms with E-state index in [4.69, 9.17) is 0 Å². The number of carbonyl (C=O) groups is 1. The Hall–Kier alpha value is -1.39. The Bertz CT molecular complexity index is 414. The van der Waals surface area contributed by atoms with Gasteiger partial charge in [0, 0.05) is 25.2 Å². The van der Waals surface area contributed by atoms with Crippen LogP contribution in [0.25, 0.3) is 0 Å². The molecule has 0 spiro atoms. The quantitative estimate of drug-likeness (QED) is 0.703. The van der Waals surface area contributed by atoms with Crippen LogP contribution in [-0.2, 0) is 6.42 Å². The fourth-order valence-electron chi connectivity index (χ4n) is 1.93. The molecule has 17 heavy (non-hydrogen) atoms. The number of benzene rings is 1. The van der Waals surface area contributed by atoms with E-state index in [2.05, 4.69) is 10.6 Å². The van der Waals surface area contributed by atoms with Gasteiger partial charge in [0.2, 0.25) is 0 Å². The Morgan fingerprint density at radius 1 is 1.47 bits per heavy atom. The number of β-amino-alcohol motifs (C(OH)–C–C–N with tert-alkyl or cyclic N) is 1. The van der Waals surface area contributed by atoms with Gasteiger partial charge in [-0.1, -0.05) is 25.1 Å². The summed E-state index contributed by atoms with van der Waals surface area (Å²) in [6, 6.07) is 7.55. The molecule has 1 aromatic rings. The molecule has 4 heteroatoms. The highest BCUT2D eigenvalue weighted by atomic mass is 16.3. The third-order valence-corrected chi connectivity index (χ3v) is 3.13. The number of carbonyl (C=O) groups excluding carboxylic acids is 1. The number of hydrogen-bond acceptors (Lipinski definition) is 3. The van der Waals surface area contributed by atoms with Crippen LogP contribution in [-0.4, -0.2) is 36.2 Å². The van der Waals surface area contributed by atoms with Crippen molar-refractivity contribution >= 4 is 5.91 Å². The van der Waals surface area contributed by atoms with E-state index in [9.17, 15) is 9.90 Å². The van der Waals surface area contributed by atoms with Crippen molar-refractivity contribution in [2.75, 3.05) is 19.6 Å². The number of aliphatic hydroxyl groups is 1. The molecule has 0 bridgehead atoms. The first-order chi connectivity index (χ1) is 8.14. The summed E-state index contributed by atoms with van der Waals surface area (Å²) in [5.74, 6) is -0.109. The molecule has 1 saturated heterocycles. The summed E-state index contributed by atoms with van der Waals surface area (Å²) >= 11 is 0. The second-order valence-electron chi connectivity index (χ2n) is 4.52. The van der Waals surface area contributed by atoms with Gasteiger partial charge in [-0.2, -0.15) is 0 Å². The van der Waals surface area contributed by atoms with Gasteiger partial charge in [-0.05, 0) is 18.1 Å². The summed E-state index contributed by atoms with van der Waals surface area (Å²) in [4.78, 5) is 12.0. The number of amides is 1. The molecule has 0 atom stereocenters. The van der Waals surface area contributed by atoms with Crippen LogP contribution in [0.5, 0.6) is 0 Å². The second-order valence-corrected chi connectivity index (χ2v) is 4.52. The molecule has 1 heterocycles. The molecule has 1 amide bonds. The first-order valence-corrected chi connectivity index (χ1v) is 5.94. The van der Waals surface area contributed by atoms with Crippen LogP contribution in [0.15, 0.2) is 24.3 Å². The molecule has 0 saturated carbocycles. The lowest BCUT2D eigenvalue weighted by Gasteiger charge is -2.37. The van der Waals surface area contributed by atoms with Gasteiger partial charge < -0.3 is 15.7 Å². The van der Waals surface area contributed by atoms with E-state index >= 15 is 0 Å². The van der Waals surface area contributed by atoms with Crippen LogP contribution in [0, 0.1) is 0 Å². The summed E-state index contributed by atoms with van der Waals surface area (Å²) in [6.45, 7) is 3.41. The standard InChI is InChI=1S/C13H18N2O2/c1-2-10-5-3-4-6-11(10)12(16)15-9-13(17)7-14-8-13/h3-6,14,17H,2,7-9H2,1H3,(H,15,16). The number of nitrogens with one attached hydrogen (secondary N) is 2. The molecule has 1 fully saturated rings. The zero-order chi connectivity index (χ0) is 12.3. The van der Waals surface area contributed by atoms with Crippen molar-refractivity contribution in [3.63, 3.8) is 0 Å². The van der Waals surface area contributed by atoms with E-state index in [1.807, 2.05) is 31.2 Å². The first kappa shape index (κ1) is 12.1. The van der Waals surface area contributed by atoms with Crippen LogP contribution in [0.3, 0.4) is 0 Å². The lowest BCUT2D eigenvalue weighted by Crippen LogP contribution is -2.64. The Morgan fingerprint density at radius 3 is 2.76 bits per heavy atom. The van der Waals surface area contributed by atoms with Gasteiger partial charge in [-0.3, -0.25) is 4.79 Å². The topological polar surface area (TPSA) is 61.4 Å². The highest BCUT2D eigenvalue weighted by Crippen LogP contribution is 2.11. The van der Waals surface area contributed by atoms with Crippen molar-refractivity contribution in [2.24, 2.45) is 0 Å².